The van der Waals surface area contributed by atoms with E-state index in [0.29, 0.717) is 72.7 Å². The minimum atomic E-state index is -0.472. The van der Waals surface area contributed by atoms with Crippen LogP contribution in [0.3, 0.4) is 0 Å². The Balaban J connectivity index is 0.000000143. The summed E-state index contributed by atoms with van der Waals surface area (Å²) < 4.78 is 40.2. The highest BCUT2D eigenvalue weighted by atomic mass is 79.9. The molecule has 4 aromatic carbocycles. The van der Waals surface area contributed by atoms with Crippen LogP contribution < -0.4 is 21.9 Å². The number of hydrogen-bond donors (Lipinski definition) is 3. The summed E-state index contributed by atoms with van der Waals surface area (Å²) >= 11 is 3.32. The molecule has 2 atom stereocenters. The monoisotopic (exact) mass is 881 g/mol. The first-order chi connectivity index (χ1) is 29.6. The number of aliphatic imine (C=N–C) groups is 1. The number of nitrogens with one attached hydrogen (secondary N) is 2. The second-order valence-electron chi connectivity index (χ2n) is 13.8. The average Bonchev–Trinajstić information content (AvgIpc) is 3.96. The number of anilines is 1. The summed E-state index contributed by atoms with van der Waals surface area (Å²) in [5, 5.41) is 4.15. The number of hydrogen-bond acceptors (Lipinski definition) is 12. The maximum atomic E-state index is 13.9. The molecule has 0 spiro atoms. The Morgan fingerprint density at radius 3 is 1.93 bits per heavy atom. The van der Waals surface area contributed by atoms with Crippen molar-refractivity contribution in [1.82, 2.24) is 29.9 Å². The zero-order valence-corrected chi connectivity index (χ0v) is 34.0. The number of aromatic amines is 1. The van der Waals surface area contributed by atoms with Crippen molar-refractivity contribution in [2.45, 2.75) is 32.4 Å². The molecule has 13 nitrogen and oxygen atoms in total. The Bertz CT molecular complexity index is 3220. The molecular weight excluding hydrogens is 848 g/mol. The fourth-order valence-corrected chi connectivity index (χ4v) is 7.25. The van der Waals surface area contributed by atoms with Gasteiger partial charge in [0, 0.05) is 18.2 Å². The van der Waals surface area contributed by atoms with E-state index in [1.807, 2.05) is 13.1 Å². The number of H-pyrrole nitrogens is 1. The lowest BCUT2D eigenvalue weighted by atomic mass is 9.99. The molecule has 16 heteroatoms. The number of nitrogens with two attached hydrogens (primary N) is 1. The van der Waals surface area contributed by atoms with Crippen LogP contribution in [0.5, 0.6) is 0 Å². The van der Waals surface area contributed by atoms with E-state index in [0.717, 1.165) is 22.4 Å². The molecule has 0 fully saturated rings. The van der Waals surface area contributed by atoms with Gasteiger partial charge in [0.1, 0.15) is 57.1 Å². The van der Waals surface area contributed by atoms with E-state index >= 15 is 0 Å². The summed E-state index contributed by atoms with van der Waals surface area (Å²) in [4.78, 5) is 53.6. The molecule has 304 valence electrons. The van der Waals surface area contributed by atoms with Crippen molar-refractivity contribution < 1.29 is 17.6 Å². The lowest BCUT2D eigenvalue weighted by molar-refractivity contribution is 0.503. The predicted octanol–water partition coefficient (Wildman–Crippen LogP) is 9.55. The molecule has 0 aliphatic carbocycles. The molecule has 61 heavy (non-hydrogen) atoms. The van der Waals surface area contributed by atoms with E-state index in [2.05, 4.69) is 56.1 Å². The fraction of sp³-hybridized carbons (Fsp3) is 0.111. The second-order valence-corrected chi connectivity index (χ2v) is 14.6. The normalized spacial score (nSPS) is 12.6. The van der Waals surface area contributed by atoms with Crippen molar-refractivity contribution in [3.8, 4) is 22.3 Å². The number of aromatic nitrogens is 6. The zero-order valence-electron chi connectivity index (χ0n) is 32.4. The maximum absolute atomic E-state index is 13.9. The number of halogens is 3. The van der Waals surface area contributed by atoms with Crippen LogP contribution >= 0.6 is 15.9 Å². The molecule has 0 amide bonds. The van der Waals surface area contributed by atoms with Gasteiger partial charge in [-0.1, -0.05) is 48.5 Å². The number of rotatable bonds is 6. The van der Waals surface area contributed by atoms with Gasteiger partial charge >= 0.3 is 0 Å². The smallest absolute Gasteiger partial charge is 0.200 e. The fourth-order valence-electron chi connectivity index (χ4n) is 6.82. The van der Waals surface area contributed by atoms with E-state index in [4.69, 9.17) is 14.6 Å². The Morgan fingerprint density at radius 1 is 0.738 bits per heavy atom. The van der Waals surface area contributed by atoms with Crippen LogP contribution in [0.4, 0.5) is 20.4 Å². The first-order valence-electron chi connectivity index (χ1n) is 18.9. The molecule has 0 unspecified atom stereocenters. The van der Waals surface area contributed by atoms with Crippen molar-refractivity contribution in [3.05, 3.63) is 170 Å². The molecule has 5 aromatic heterocycles. The van der Waals surface area contributed by atoms with Crippen LogP contribution in [0.15, 0.2) is 144 Å². The van der Waals surface area contributed by atoms with Gasteiger partial charge in [0.25, 0.3) is 0 Å². The molecule has 0 radical (unpaired) electrons. The van der Waals surface area contributed by atoms with E-state index in [-0.39, 0.29) is 10.9 Å². The molecule has 0 saturated carbocycles. The number of fused-ring (bicyclic) bond motifs is 4. The SMILES string of the molecule is Brc1ncnc2c1CC=N2.C[C@H](N)c1oc2ccccc2c(=O)c1-c1cccc(F)c1.C[C@H](Nc1ncnc2nc[nH]c12)c1oc2ccccc2c(=O)c1-c1cccc(F)c1. The van der Waals surface area contributed by atoms with Gasteiger partial charge < -0.3 is 24.9 Å². The van der Waals surface area contributed by atoms with Gasteiger partial charge in [-0.25, -0.2) is 38.7 Å². The highest BCUT2D eigenvalue weighted by Crippen LogP contribution is 2.32. The van der Waals surface area contributed by atoms with Gasteiger partial charge in [0.2, 0.25) is 10.9 Å². The Morgan fingerprint density at radius 2 is 1.33 bits per heavy atom. The molecule has 9 aromatic rings. The van der Waals surface area contributed by atoms with Crippen LogP contribution in [0.1, 0.15) is 43.0 Å². The van der Waals surface area contributed by atoms with Crippen molar-refractivity contribution >= 4 is 66.9 Å². The van der Waals surface area contributed by atoms with Crippen LogP contribution in [0.2, 0.25) is 0 Å². The van der Waals surface area contributed by atoms with Gasteiger partial charge in [-0.15, -0.1) is 0 Å². The zero-order chi connectivity index (χ0) is 42.6. The summed E-state index contributed by atoms with van der Waals surface area (Å²) in [5.74, 6) is 1.23. The minimum absolute atomic E-state index is 0.199. The summed E-state index contributed by atoms with van der Waals surface area (Å²) in [6.07, 6.45) is 7.12. The predicted molar refractivity (Wildman–Crippen MR) is 234 cm³/mol. The molecule has 10 rings (SSSR count). The van der Waals surface area contributed by atoms with E-state index < -0.39 is 23.7 Å². The number of imidazole rings is 1. The molecule has 6 heterocycles. The first-order valence-corrected chi connectivity index (χ1v) is 19.7. The third-order valence-corrected chi connectivity index (χ3v) is 10.3. The number of nitrogens with zero attached hydrogens (tertiary/aromatic N) is 6. The third-order valence-electron chi connectivity index (χ3n) is 9.64. The quantitative estimate of drug-likeness (QED) is 0.135. The van der Waals surface area contributed by atoms with Crippen molar-refractivity contribution in [2.75, 3.05) is 5.32 Å². The Kier molecular flexibility index (Phi) is 11.6. The molecule has 0 saturated heterocycles. The van der Waals surface area contributed by atoms with Crippen LogP contribution in [0.25, 0.3) is 55.4 Å². The average molecular weight is 883 g/mol. The molecule has 4 N–H and O–H groups in total. The number of para-hydroxylation sites is 2. The number of benzene rings is 4. The highest BCUT2D eigenvalue weighted by molar-refractivity contribution is 9.10. The summed E-state index contributed by atoms with van der Waals surface area (Å²) in [5.41, 5.74) is 10.2. The summed E-state index contributed by atoms with van der Waals surface area (Å²) in [6.45, 7) is 3.58. The van der Waals surface area contributed by atoms with Gasteiger partial charge in [0.05, 0.1) is 40.3 Å². The first kappa shape index (κ1) is 40.5. The van der Waals surface area contributed by atoms with E-state index in [1.165, 1.54) is 43.2 Å². The van der Waals surface area contributed by atoms with Crippen molar-refractivity contribution in [1.29, 1.82) is 0 Å². The van der Waals surface area contributed by atoms with Gasteiger partial charge in [0.15, 0.2) is 17.3 Å². The third kappa shape index (κ3) is 8.44. The summed E-state index contributed by atoms with van der Waals surface area (Å²) in [7, 11) is 0. The largest absolute Gasteiger partial charge is 0.459 e. The van der Waals surface area contributed by atoms with Gasteiger partial charge in [-0.2, -0.15) is 0 Å². The summed E-state index contributed by atoms with van der Waals surface area (Å²) in [6, 6.07) is 24.8. The molecule has 0 bridgehead atoms. The standard InChI is InChI=1S/C22H16FN5O2.C17H14FNO2.C6H4BrN3/c1-12(28-22-18-21(25-10-24-18)26-11-27-22)20-17(13-5-4-6-14(23)9-13)19(29)15-7-2-3-8-16(15)30-20;1-10(19)17-15(11-5-4-6-12(18)9-11)16(20)13-7-2-3-8-14(13)21-17;7-5-4-1-2-8-6(4)10-3-9-5/h2-12H,1H3,(H2,24,25,26,27,28);2-10H,19H2,1H3;2-3H,1H2/t12-;10-;/m00./s1. The van der Waals surface area contributed by atoms with Crippen molar-refractivity contribution in [2.24, 2.45) is 10.7 Å². The van der Waals surface area contributed by atoms with Gasteiger partial charge in [-0.3, -0.25) is 9.59 Å². The van der Waals surface area contributed by atoms with Crippen LogP contribution in [0, 0.1) is 11.6 Å². The molecule has 1 aliphatic rings. The Hall–Kier alpha value is -7.30. The molecule has 1 aliphatic heterocycles. The highest BCUT2D eigenvalue weighted by Gasteiger charge is 2.23. The van der Waals surface area contributed by atoms with Gasteiger partial charge in [-0.05, 0) is 89.4 Å². The molecular formula is C45H34BrF2N9O4. The van der Waals surface area contributed by atoms with E-state index in [9.17, 15) is 18.4 Å². The lowest BCUT2D eigenvalue weighted by Crippen LogP contribution is -2.16. The second kappa shape index (κ2) is 17.5. The lowest BCUT2D eigenvalue weighted by Gasteiger charge is -2.18. The van der Waals surface area contributed by atoms with E-state index in [1.54, 1.807) is 79.7 Å². The van der Waals surface area contributed by atoms with Crippen LogP contribution in [-0.4, -0.2) is 36.1 Å². The van der Waals surface area contributed by atoms with Crippen molar-refractivity contribution in [3.63, 3.8) is 0 Å². The maximum Gasteiger partial charge on any atom is 0.200 e. The van der Waals surface area contributed by atoms with Crippen LogP contribution in [-0.2, 0) is 6.42 Å². The Labute approximate surface area is 353 Å². The topological polar surface area (TPSA) is 191 Å². The minimum Gasteiger partial charge on any atom is -0.459 e.